The van der Waals surface area contributed by atoms with Gasteiger partial charge in [0.25, 0.3) is 0 Å². The second-order valence-electron chi connectivity index (χ2n) is 4.07. The van der Waals surface area contributed by atoms with Crippen LogP contribution in [0.25, 0.3) is 0 Å². The molecular formula is C11H18N2O3S. The summed E-state index contributed by atoms with van der Waals surface area (Å²) < 4.78 is 26.5. The van der Waals surface area contributed by atoms with E-state index in [1.54, 1.807) is 26.0 Å². The van der Waals surface area contributed by atoms with Crippen LogP contribution in [-0.2, 0) is 14.9 Å². The van der Waals surface area contributed by atoms with Gasteiger partial charge in [-0.15, -0.1) is 0 Å². The molecule has 17 heavy (non-hydrogen) atoms. The molecule has 5 nitrogen and oxygen atoms in total. The van der Waals surface area contributed by atoms with Gasteiger partial charge in [0.1, 0.15) is 0 Å². The van der Waals surface area contributed by atoms with Gasteiger partial charge in [-0.05, 0) is 38.0 Å². The Kier molecular flexibility index (Phi) is 4.64. The minimum Gasteiger partial charge on any atom is -0.300 e. The van der Waals surface area contributed by atoms with Crippen molar-refractivity contribution in [3.8, 4) is 0 Å². The maximum absolute atomic E-state index is 12.0. The number of hydrogen-bond acceptors (Lipinski definition) is 4. The SMILES string of the molecule is Cc1ccc(C)c(S(=O)(=O)NCC(C)ON)c1. The highest BCUT2D eigenvalue weighted by atomic mass is 32.2. The molecule has 1 aromatic rings. The summed E-state index contributed by atoms with van der Waals surface area (Å²) in [7, 11) is -3.50. The summed E-state index contributed by atoms with van der Waals surface area (Å²) in [6, 6.07) is 5.30. The van der Waals surface area contributed by atoms with Crippen molar-refractivity contribution in [2.24, 2.45) is 5.90 Å². The van der Waals surface area contributed by atoms with E-state index in [0.717, 1.165) is 5.56 Å². The molecule has 0 fully saturated rings. The molecule has 0 heterocycles. The molecule has 0 aromatic heterocycles. The molecule has 0 spiro atoms. The highest BCUT2D eigenvalue weighted by Crippen LogP contribution is 2.16. The third-order valence-electron chi connectivity index (χ3n) is 2.43. The Balaban J connectivity index is 2.93. The fraction of sp³-hybridized carbons (Fsp3) is 0.455. The highest BCUT2D eigenvalue weighted by molar-refractivity contribution is 7.89. The lowest BCUT2D eigenvalue weighted by Crippen LogP contribution is -2.33. The molecule has 1 atom stereocenters. The van der Waals surface area contributed by atoms with Gasteiger partial charge in [0, 0.05) is 6.54 Å². The van der Waals surface area contributed by atoms with Gasteiger partial charge < -0.3 is 4.84 Å². The predicted molar refractivity (Wildman–Crippen MR) is 65.8 cm³/mol. The average molecular weight is 258 g/mol. The van der Waals surface area contributed by atoms with Crippen LogP contribution in [0.1, 0.15) is 18.1 Å². The molecule has 0 aliphatic carbocycles. The van der Waals surface area contributed by atoms with E-state index in [2.05, 4.69) is 9.56 Å². The molecule has 0 amide bonds. The number of rotatable bonds is 5. The van der Waals surface area contributed by atoms with Crippen molar-refractivity contribution < 1.29 is 13.3 Å². The quantitative estimate of drug-likeness (QED) is 0.768. The molecular weight excluding hydrogens is 240 g/mol. The van der Waals surface area contributed by atoms with Crippen LogP contribution < -0.4 is 10.6 Å². The molecule has 0 saturated heterocycles. The van der Waals surface area contributed by atoms with E-state index >= 15 is 0 Å². The van der Waals surface area contributed by atoms with E-state index in [1.807, 2.05) is 13.0 Å². The number of aryl methyl sites for hydroxylation is 2. The van der Waals surface area contributed by atoms with Gasteiger partial charge in [0.05, 0.1) is 11.0 Å². The van der Waals surface area contributed by atoms with Crippen LogP contribution in [0.5, 0.6) is 0 Å². The highest BCUT2D eigenvalue weighted by Gasteiger charge is 2.17. The van der Waals surface area contributed by atoms with Crippen LogP contribution in [0.4, 0.5) is 0 Å². The molecule has 3 N–H and O–H groups in total. The fourth-order valence-electron chi connectivity index (χ4n) is 1.35. The van der Waals surface area contributed by atoms with Crippen molar-refractivity contribution in [3.05, 3.63) is 29.3 Å². The summed E-state index contributed by atoms with van der Waals surface area (Å²) in [5, 5.41) is 0. The Morgan fingerprint density at radius 1 is 1.41 bits per heavy atom. The first-order valence-corrected chi connectivity index (χ1v) is 6.77. The Labute approximate surface area is 102 Å². The third-order valence-corrected chi connectivity index (χ3v) is 3.99. The lowest BCUT2D eigenvalue weighted by Gasteiger charge is -2.12. The molecule has 6 heteroatoms. The zero-order valence-electron chi connectivity index (χ0n) is 10.2. The van der Waals surface area contributed by atoms with E-state index < -0.39 is 10.0 Å². The topological polar surface area (TPSA) is 81.4 Å². The van der Waals surface area contributed by atoms with Crippen molar-refractivity contribution >= 4 is 10.0 Å². The Morgan fingerprint density at radius 2 is 2.06 bits per heavy atom. The van der Waals surface area contributed by atoms with Gasteiger partial charge in [-0.2, -0.15) is 0 Å². The number of benzene rings is 1. The van der Waals surface area contributed by atoms with Gasteiger partial charge >= 0.3 is 0 Å². The summed E-state index contributed by atoms with van der Waals surface area (Å²) in [5.74, 6) is 4.96. The molecule has 96 valence electrons. The lowest BCUT2D eigenvalue weighted by atomic mass is 10.2. The molecule has 1 rings (SSSR count). The summed E-state index contributed by atoms with van der Waals surface area (Å²) in [5.41, 5.74) is 1.61. The van der Waals surface area contributed by atoms with Gasteiger partial charge in [-0.25, -0.2) is 19.0 Å². The zero-order chi connectivity index (χ0) is 13.1. The Morgan fingerprint density at radius 3 is 2.65 bits per heavy atom. The van der Waals surface area contributed by atoms with Crippen molar-refractivity contribution in [2.75, 3.05) is 6.54 Å². The second-order valence-corrected chi connectivity index (χ2v) is 5.80. The molecule has 0 aliphatic heterocycles. The third kappa shape index (κ3) is 3.78. The summed E-state index contributed by atoms with van der Waals surface area (Å²) in [6.07, 6.45) is -0.366. The van der Waals surface area contributed by atoms with Crippen molar-refractivity contribution in [1.29, 1.82) is 0 Å². The van der Waals surface area contributed by atoms with E-state index in [-0.39, 0.29) is 12.6 Å². The molecule has 0 radical (unpaired) electrons. The van der Waals surface area contributed by atoms with E-state index in [9.17, 15) is 8.42 Å². The maximum Gasteiger partial charge on any atom is 0.240 e. The maximum atomic E-state index is 12.0. The van der Waals surface area contributed by atoms with Crippen LogP contribution in [0.2, 0.25) is 0 Å². The molecule has 0 bridgehead atoms. The first-order chi connectivity index (χ1) is 7.86. The molecule has 1 unspecified atom stereocenters. The largest absolute Gasteiger partial charge is 0.300 e. The van der Waals surface area contributed by atoms with E-state index in [4.69, 9.17) is 5.90 Å². The van der Waals surface area contributed by atoms with Crippen molar-refractivity contribution in [1.82, 2.24) is 4.72 Å². The first kappa shape index (κ1) is 14.1. The predicted octanol–water partition coefficient (Wildman–Crippen LogP) is 0.861. The zero-order valence-corrected chi connectivity index (χ0v) is 11.0. The Bertz CT molecular complexity index is 485. The normalized spacial score (nSPS) is 13.6. The smallest absolute Gasteiger partial charge is 0.240 e. The van der Waals surface area contributed by atoms with Gasteiger partial charge in [0.2, 0.25) is 10.0 Å². The summed E-state index contributed by atoms with van der Waals surface area (Å²) >= 11 is 0. The van der Waals surface area contributed by atoms with Crippen molar-refractivity contribution in [3.63, 3.8) is 0 Å². The number of nitrogens with one attached hydrogen (secondary N) is 1. The first-order valence-electron chi connectivity index (χ1n) is 5.29. The van der Waals surface area contributed by atoms with Crippen molar-refractivity contribution in [2.45, 2.75) is 31.8 Å². The van der Waals surface area contributed by atoms with E-state index in [0.29, 0.717) is 10.5 Å². The average Bonchev–Trinajstić information content (AvgIpc) is 2.29. The van der Waals surface area contributed by atoms with E-state index in [1.165, 1.54) is 0 Å². The lowest BCUT2D eigenvalue weighted by molar-refractivity contribution is 0.0702. The van der Waals surface area contributed by atoms with Gasteiger partial charge in [0.15, 0.2) is 0 Å². The Hall–Kier alpha value is -0.950. The van der Waals surface area contributed by atoms with Gasteiger partial charge in [-0.1, -0.05) is 12.1 Å². The molecule has 0 saturated carbocycles. The second kappa shape index (κ2) is 5.59. The molecule has 0 aliphatic rings. The van der Waals surface area contributed by atoms with Crippen LogP contribution in [0.15, 0.2) is 23.1 Å². The van der Waals surface area contributed by atoms with Crippen LogP contribution in [0.3, 0.4) is 0 Å². The molecule has 1 aromatic carbocycles. The van der Waals surface area contributed by atoms with Crippen LogP contribution in [0, 0.1) is 13.8 Å². The van der Waals surface area contributed by atoms with Crippen LogP contribution in [-0.4, -0.2) is 21.1 Å². The minimum atomic E-state index is -3.50. The number of nitrogens with two attached hydrogens (primary N) is 1. The monoisotopic (exact) mass is 258 g/mol. The van der Waals surface area contributed by atoms with Crippen LogP contribution >= 0.6 is 0 Å². The standard InChI is InChI=1S/C11H18N2O3S/c1-8-4-5-9(2)11(6-8)17(14,15)13-7-10(3)16-12/h4-6,10,13H,7,12H2,1-3H3. The summed E-state index contributed by atoms with van der Waals surface area (Å²) in [6.45, 7) is 5.44. The van der Waals surface area contributed by atoms with Gasteiger partial charge in [-0.3, -0.25) is 0 Å². The summed E-state index contributed by atoms with van der Waals surface area (Å²) in [4.78, 5) is 4.80. The number of sulfonamides is 1. The minimum absolute atomic E-state index is 0.145. The fourth-order valence-corrected chi connectivity index (χ4v) is 2.79. The number of hydrogen-bond donors (Lipinski definition) is 2.